The zero-order chi connectivity index (χ0) is 37.5. The Morgan fingerprint density at radius 1 is 0.333 bits per heavy atom. The van der Waals surface area contributed by atoms with Gasteiger partial charge >= 0.3 is 0 Å². The van der Waals surface area contributed by atoms with Gasteiger partial charge < -0.3 is 4.42 Å². The lowest BCUT2D eigenvalue weighted by molar-refractivity contribution is 0.669. The molecule has 0 fully saturated rings. The van der Waals surface area contributed by atoms with Crippen LogP contribution in [0.3, 0.4) is 0 Å². The molecule has 0 bridgehead atoms. The van der Waals surface area contributed by atoms with Crippen molar-refractivity contribution in [1.82, 2.24) is 15.0 Å². The van der Waals surface area contributed by atoms with E-state index < -0.39 is 0 Å². The van der Waals surface area contributed by atoms with E-state index in [1.807, 2.05) is 30.3 Å². The van der Waals surface area contributed by atoms with E-state index >= 15 is 0 Å². The molecule has 4 heteroatoms. The molecule has 0 aliphatic rings. The average molecular weight is 726 g/mol. The maximum Gasteiger partial charge on any atom is 0.136 e. The van der Waals surface area contributed by atoms with Gasteiger partial charge in [-0.15, -0.1) is 0 Å². The molecule has 0 aliphatic heterocycles. The maximum absolute atomic E-state index is 6.38. The number of pyridine rings is 3. The Labute approximate surface area is 327 Å². The van der Waals surface area contributed by atoms with Crippen LogP contribution in [0.1, 0.15) is 0 Å². The van der Waals surface area contributed by atoms with Gasteiger partial charge in [-0.1, -0.05) is 152 Å². The highest BCUT2D eigenvalue weighted by Gasteiger charge is 2.19. The van der Waals surface area contributed by atoms with Crippen molar-refractivity contribution in [2.45, 2.75) is 0 Å². The fourth-order valence-electron chi connectivity index (χ4n) is 8.76. The molecule has 0 spiro atoms. The Kier molecular flexibility index (Phi) is 6.89. The molecule has 264 valence electrons. The minimum atomic E-state index is 0.878. The number of aromatic nitrogens is 3. The zero-order valence-corrected chi connectivity index (χ0v) is 30.6. The minimum absolute atomic E-state index is 0.878. The SMILES string of the molecule is c1ccc(-c2ccc3ccc4ccc(-c5ccc(-c6ccc7c(c6)nc(-c6ccccc6)c6ccc8oc9ccccc9c8c67)c6ccccc56)nc4c3n2)cc1. The van der Waals surface area contributed by atoms with Crippen molar-refractivity contribution >= 4 is 76.2 Å². The van der Waals surface area contributed by atoms with Crippen molar-refractivity contribution in [3.63, 3.8) is 0 Å². The van der Waals surface area contributed by atoms with Gasteiger partial charge in [0.05, 0.1) is 33.6 Å². The van der Waals surface area contributed by atoms with Gasteiger partial charge in [0.1, 0.15) is 11.2 Å². The van der Waals surface area contributed by atoms with Crippen LogP contribution in [0.2, 0.25) is 0 Å². The summed E-state index contributed by atoms with van der Waals surface area (Å²) in [7, 11) is 0. The summed E-state index contributed by atoms with van der Waals surface area (Å²) >= 11 is 0. The lowest BCUT2D eigenvalue weighted by atomic mass is 9.91. The van der Waals surface area contributed by atoms with Gasteiger partial charge in [-0.3, -0.25) is 0 Å². The molecule has 4 heterocycles. The van der Waals surface area contributed by atoms with Crippen LogP contribution >= 0.6 is 0 Å². The van der Waals surface area contributed by atoms with E-state index in [4.69, 9.17) is 19.4 Å². The first kappa shape index (κ1) is 31.6. The van der Waals surface area contributed by atoms with Crippen LogP contribution in [0, 0.1) is 0 Å². The average Bonchev–Trinajstić information content (AvgIpc) is 3.67. The van der Waals surface area contributed by atoms with Crippen molar-refractivity contribution < 1.29 is 4.42 Å². The van der Waals surface area contributed by atoms with E-state index in [0.717, 1.165) is 121 Å². The van der Waals surface area contributed by atoms with Crippen molar-refractivity contribution in [2.75, 3.05) is 0 Å². The second-order valence-corrected chi connectivity index (χ2v) is 14.7. The summed E-state index contributed by atoms with van der Waals surface area (Å²) in [6, 6.07) is 66.0. The molecule has 0 amide bonds. The number of fused-ring (bicyclic) bond motifs is 11. The smallest absolute Gasteiger partial charge is 0.136 e. The van der Waals surface area contributed by atoms with Gasteiger partial charge in [0.25, 0.3) is 0 Å². The topological polar surface area (TPSA) is 51.8 Å². The lowest BCUT2D eigenvalue weighted by Gasteiger charge is -2.15. The Hall–Kier alpha value is -7.69. The first-order chi connectivity index (χ1) is 28.2. The predicted octanol–water partition coefficient (Wildman–Crippen LogP) is 14.2. The first-order valence-electron chi connectivity index (χ1n) is 19.3. The molecule has 4 aromatic heterocycles. The van der Waals surface area contributed by atoms with Crippen LogP contribution in [0.5, 0.6) is 0 Å². The predicted molar refractivity (Wildman–Crippen MR) is 236 cm³/mol. The number of rotatable bonds is 4. The minimum Gasteiger partial charge on any atom is -0.456 e. The van der Waals surface area contributed by atoms with Crippen LogP contribution < -0.4 is 0 Å². The van der Waals surface area contributed by atoms with E-state index in [9.17, 15) is 0 Å². The van der Waals surface area contributed by atoms with E-state index in [1.54, 1.807) is 0 Å². The summed E-state index contributed by atoms with van der Waals surface area (Å²) in [5.74, 6) is 0. The molecule has 0 saturated heterocycles. The van der Waals surface area contributed by atoms with Crippen LogP contribution in [-0.4, -0.2) is 15.0 Å². The Bertz CT molecular complexity index is 3570. The number of hydrogen-bond donors (Lipinski definition) is 0. The van der Waals surface area contributed by atoms with Crippen LogP contribution in [0.25, 0.3) is 121 Å². The summed E-state index contributed by atoms with van der Waals surface area (Å²) < 4.78 is 6.38. The zero-order valence-electron chi connectivity index (χ0n) is 30.6. The molecule has 0 N–H and O–H groups in total. The quantitative estimate of drug-likeness (QED) is 0.170. The van der Waals surface area contributed by atoms with Crippen molar-refractivity contribution in [3.8, 4) is 44.9 Å². The monoisotopic (exact) mass is 725 g/mol. The molecule has 0 unspecified atom stereocenters. The normalized spacial score (nSPS) is 11.9. The van der Waals surface area contributed by atoms with Crippen molar-refractivity contribution in [1.29, 1.82) is 0 Å². The van der Waals surface area contributed by atoms with Crippen molar-refractivity contribution in [3.05, 3.63) is 188 Å². The fraction of sp³-hybridized carbons (Fsp3) is 0. The largest absolute Gasteiger partial charge is 0.456 e. The Morgan fingerprint density at radius 3 is 1.70 bits per heavy atom. The van der Waals surface area contributed by atoms with Gasteiger partial charge in [-0.25, -0.2) is 15.0 Å². The van der Waals surface area contributed by atoms with Crippen LogP contribution in [0.4, 0.5) is 0 Å². The van der Waals surface area contributed by atoms with E-state index in [1.165, 1.54) is 0 Å². The van der Waals surface area contributed by atoms with Gasteiger partial charge in [-0.2, -0.15) is 0 Å². The molecule has 12 rings (SSSR count). The lowest BCUT2D eigenvalue weighted by Crippen LogP contribution is -1.93. The maximum atomic E-state index is 6.38. The van der Waals surface area contributed by atoms with Crippen molar-refractivity contribution in [2.24, 2.45) is 0 Å². The summed E-state index contributed by atoms with van der Waals surface area (Å²) in [6.07, 6.45) is 0. The number of hydrogen-bond acceptors (Lipinski definition) is 4. The molecule has 4 nitrogen and oxygen atoms in total. The molecule has 0 saturated carbocycles. The molecule has 8 aromatic carbocycles. The van der Waals surface area contributed by atoms with Gasteiger partial charge in [0.2, 0.25) is 0 Å². The second kappa shape index (κ2) is 12.4. The molecule has 0 atom stereocenters. The Morgan fingerprint density at radius 2 is 0.930 bits per heavy atom. The van der Waals surface area contributed by atoms with Crippen LogP contribution in [-0.2, 0) is 0 Å². The van der Waals surface area contributed by atoms with E-state index in [-0.39, 0.29) is 0 Å². The summed E-state index contributed by atoms with van der Waals surface area (Å²) in [5.41, 5.74) is 12.8. The van der Waals surface area contributed by atoms with E-state index in [0.29, 0.717) is 0 Å². The highest BCUT2D eigenvalue weighted by Crippen LogP contribution is 2.43. The number of furan rings is 1. The number of nitrogens with zero attached hydrogens (tertiary/aromatic N) is 3. The number of benzene rings is 8. The van der Waals surface area contributed by atoms with Gasteiger partial charge in [-0.05, 0) is 58.3 Å². The Balaban J connectivity index is 1.05. The van der Waals surface area contributed by atoms with E-state index in [2.05, 4.69) is 158 Å². The molecule has 12 aromatic rings. The number of para-hydroxylation sites is 1. The molecule has 57 heavy (non-hydrogen) atoms. The third kappa shape index (κ3) is 4.98. The highest BCUT2D eigenvalue weighted by atomic mass is 16.3. The second-order valence-electron chi connectivity index (χ2n) is 14.7. The summed E-state index contributed by atoms with van der Waals surface area (Å²) in [5, 5.41) is 10.0. The molecular formula is C53H31N3O. The standard InChI is InChI=1S/C53H31N3O/c1-3-11-32(12-4-1)44-28-22-34-19-20-35-23-29-45(55-53(35)52(34)54-44)40-26-25-37(38-15-7-8-16-39(38)40)36-21-24-41-46(31-36)56-51(33-13-5-2-6-14-33)43-27-30-48-50(49(41)43)42-17-9-10-18-47(42)57-48/h1-31H. The van der Waals surface area contributed by atoms with Crippen LogP contribution in [0.15, 0.2) is 192 Å². The highest BCUT2D eigenvalue weighted by molar-refractivity contribution is 6.28. The third-order valence-electron chi connectivity index (χ3n) is 11.4. The molecular weight excluding hydrogens is 695 g/mol. The molecule has 0 aliphatic carbocycles. The fourth-order valence-corrected chi connectivity index (χ4v) is 8.76. The summed E-state index contributed by atoms with van der Waals surface area (Å²) in [4.78, 5) is 15.9. The third-order valence-corrected chi connectivity index (χ3v) is 11.4. The van der Waals surface area contributed by atoms with Gasteiger partial charge in [0.15, 0.2) is 0 Å². The summed E-state index contributed by atoms with van der Waals surface area (Å²) in [6.45, 7) is 0. The first-order valence-corrected chi connectivity index (χ1v) is 19.3. The van der Waals surface area contributed by atoms with Gasteiger partial charge in [0, 0.05) is 54.4 Å². The molecule has 0 radical (unpaired) electrons.